The van der Waals surface area contributed by atoms with Gasteiger partial charge in [-0.3, -0.25) is 9.59 Å². The van der Waals surface area contributed by atoms with Gasteiger partial charge in [0.25, 0.3) is 0 Å². The van der Waals surface area contributed by atoms with E-state index >= 15 is 0 Å². The fraction of sp³-hybridized carbons (Fsp3) is 0.875. The van der Waals surface area contributed by atoms with Gasteiger partial charge < -0.3 is 15.1 Å². The molecule has 120 valence electrons. The minimum Gasteiger partial charge on any atom is -0.338 e. The van der Waals surface area contributed by atoms with Crippen LogP contribution in [0.5, 0.6) is 0 Å². The van der Waals surface area contributed by atoms with Gasteiger partial charge in [-0.25, -0.2) is 0 Å². The molecule has 0 aromatic rings. The molecule has 0 saturated carbocycles. The molecule has 0 aromatic heterocycles. The normalized spacial score (nSPS) is 27.3. The Hall–Kier alpha value is -1.10. The van der Waals surface area contributed by atoms with E-state index in [0.717, 1.165) is 32.4 Å². The Morgan fingerprint density at radius 2 is 2.10 bits per heavy atom. The molecule has 5 heteroatoms. The molecule has 21 heavy (non-hydrogen) atoms. The van der Waals surface area contributed by atoms with Crippen molar-refractivity contribution in [2.75, 3.05) is 26.2 Å². The van der Waals surface area contributed by atoms with E-state index in [1.807, 2.05) is 4.90 Å². The molecule has 0 bridgehead atoms. The van der Waals surface area contributed by atoms with Gasteiger partial charge in [0.1, 0.15) is 0 Å². The molecule has 0 aliphatic carbocycles. The molecule has 0 radical (unpaired) electrons. The van der Waals surface area contributed by atoms with Crippen LogP contribution >= 0.6 is 0 Å². The minimum absolute atomic E-state index is 0.0907. The molecule has 2 atom stereocenters. The predicted molar refractivity (Wildman–Crippen MR) is 82.9 cm³/mol. The zero-order valence-electron chi connectivity index (χ0n) is 13.6. The van der Waals surface area contributed by atoms with Crippen molar-refractivity contribution in [3.63, 3.8) is 0 Å². The molecule has 2 fully saturated rings. The molecule has 2 aliphatic rings. The number of piperidine rings is 1. The van der Waals surface area contributed by atoms with Crippen molar-refractivity contribution in [1.29, 1.82) is 0 Å². The second-order valence-electron chi connectivity index (χ2n) is 6.83. The van der Waals surface area contributed by atoms with Gasteiger partial charge in [-0.2, -0.15) is 0 Å². The number of hydrogen-bond donors (Lipinski definition) is 1. The van der Waals surface area contributed by atoms with E-state index in [1.165, 1.54) is 6.42 Å². The third kappa shape index (κ3) is 4.19. The van der Waals surface area contributed by atoms with E-state index in [1.54, 1.807) is 4.90 Å². The fourth-order valence-electron chi connectivity index (χ4n) is 3.33. The maximum Gasteiger partial charge on any atom is 0.242 e. The van der Waals surface area contributed by atoms with Gasteiger partial charge in [-0.1, -0.05) is 13.8 Å². The highest BCUT2D eigenvalue weighted by atomic mass is 16.2. The van der Waals surface area contributed by atoms with Crippen LogP contribution < -0.4 is 5.32 Å². The van der Waals surface area contributed by atoms with Crippen LogP contribution in [0.3, 0.4) is 0 Å². The Morgan fingerprint density at radius 3 is 2.76 bits per heavy atom. The number of nitrogens with one attached hydrogen (secondary N) is 1. The molecule has 2 heterocycles. The molecule has 0 aromatic carbocycles. The zero-order valence-corrected chi connectivity index (χ0v) is 13.6. The van der Waals surface area contributed by atoms with Crippen LogP contribution in [0.15, 0.2) is 0 Å². The molecular formula is C16H29N3O2. The lowest BCUT2D eigenvalue weighted by molar-refractivity contribution is -0.145. The van der Waals surface area contributed by atoms with E-state index in [9.17, 15) is 9.59 Å². The van der Waals surface area contributed by atoms with Crippen molar-refractivity contribution in [1.82, 2.24) is 15.1 Å². The standard InChI is InChI=1S/C16H29N3O2/c1-12(2)10-14-16(21)18(9-7-17-14)11-15(20)19-8-5-4-6-13(19)3/h12-14,17H,4-11H2,1-3H3. The number of likely N-dealkylation sites (tertiary alicyclic amines) is 1. The van der Waals surface area contributed by atoms with Gasteiger partial charge in [0.2, 0.25) is 11.8 Å². The van der Waals surface area contributed by atoms with Crippen molar-refractivity contribution >= 4 is 11.8 Å². The van der Waals surface area contributed by atoms with Crippen molar-refractivity contribution in [2.45, 2.75) is 58.5 Å². The highest BCUT2D eigenvalue weighted by Gasteiger charge is 2.32. The van der Waals surface area contributed by atoms with Gasteiger partial charge in [0.15, 0.2) is 0 Å². The number of carbonyl (C=O) groups is 2. The largest absolute Gasteiger partial charge is 0.338 e. The Kier molecular flexibility index (Phi) is 5.62. The number of carbonyl (C=O) groups excluding carboxylic acids is 2. The van der Waals surface area contributed by atoms with Crippen LogP contribution in [0, 0.1) is 5.92 Å². The van der Waals surface area contributed by atoms with E-state index in [0.29, 0.717) is 18.5 Å². The van der Waals surface area contributed by atoms with Gasteiger partial charge in [0, 0.05) is 25.7 Å². The Morgan fingerprint density at radius 1 is 1.33 bits per heavy atom. The topological polar surface area (TPSA) is 52.7 Å². The van der Waals surface area contributed by atoms with Crippen molar-refractivity contribution < 1.29 is 9.59 Å². The molecular weight excluding hydrogens is 266 g/mol. The third-order valence-electron chi connectivity index (χ3n) is 4.54. The van der Waals surface area contributed by atoms with Gasteiger partial charge >= 0.3 is 0 Å². The minimum atomic E-state index is -0.120. The quantitative estimate of drug-likeness (QED) is 0.849. The zero-order chi connectivity index (χ0) is 15.4. The summed E-state index contributed by atoms with van der Waals surface area (Å²) in [7, 11) is 0. The number of nitrogens with zero attached hydrogens (tertiary/aromatic N) is 2. The molecule has 5 nitrogen and oxygen atoms in total. The average Bonchev–Trinajstić information content (AvgIpc) is 2.43. The summed E-state index contributed by atoms with van der Waals surface area (Å²) in [4.78, 5) is 28.6. The number of hydrogen-bond acceptors (Lipinski definition) is 3. The lowest BCUT2D eigenvalue weighted by Gasteiger charge is -2.37. The second-order valence-corrected chi connectivity index (χ2v) is 6.83. The average molecular weight is 295 g/mol. The molecule has 1 N–H and O–H groups in total. The second kappa shape index (κ2) is 7.25. The summed E-state index contributed by atoms with van der Waals surface area (Å²) in [6.07, 6.45) is 4.20. The summed E-state index contributed by atoms with van der Waals surface area (Å²) in [5.41, 5.74) is 0. The van der Waals surface area contributed by atoms with Crippen molar-refractivity contribution in [2.24, 2.45) is 5.92 Å². The maximum atomic E-state index is 12.5. The Balaban J connectivity index is 1.91. The third-order valence-corrected chi connectivity index (χ3v) is 4.54. The van der Waals surface area contributed by atoms with Gasteiger partial charge in [-0.15, -0.1) is 0 Å². The first-order valence-corrected chi connectivity index (χ1v) is 8.30. The number of amides is 2. The fourth-order valence-corrected chi connectivity index (χ4v) is 3.33. The number of piperazine rings is 1. The Bertz CT molecular complexity index is 384. The molecule has 2 amide bonds. The molecule has 2 unspecified atom stereocenters. The van der Waals surface area contributed by atoms with E-state index in [-0.39, 0.29) is 24.4 Å². The summed E-state index contributed by atoms with van der Waals surface area (Å²) in [5, 5.41) is 3.28. The lowest BCUT2D eigenvalue weighted by atomic mass is 10.0. The summed E-state index contributed by atoms with van der Waals surface area (Å²) in [6.45, 7) is 8.86. The van der Waals surface area contributed by atoms with E-state index in [4.69, 9.17) is 0 Å². The van der Waals surface area contributed by atoms with Crippen molar-refractivity contribution in [3.8, 4) is 0 Å². The molecule has 2 rings (SSSR count). The van der Waals surface area contributed by atoms with Crippen LogP contribution in [0.25, 0.3) is 0 Å². The highest BCUT2D eigenvalue weighted by molar-refractivity contribution is 5.88. The van der Waals surface area contributed by atoms with Crippen LogP contribution in [-0.2, 0) is 9.59 Å². The predicted octanol–water partition coefficient (Wildman–Crippen LogP) is 1.23. The van der Waals surface area contributed by atoms with E-state index < -0.39 is 0 Å². The van der Waals surface area contributed by atoms with Crippen LogP contribution in [0.1, 0.15) is 46.5 Å². The summed E-state index contributed by atoms with van der Waals surface area (Å²) >= 11 is 0. The first-order valence-electron chi connectivity index (χ1n) is 8.30. The Labute approximate surface area is 128 Å². The SMILES string of the molecule is CC(C)CC1NCCN(CC(=O)N2CCCCC2C)C1=O. The highest BCUT2D eigenvalue weighted by Crippen LogP contribution is 2.17. The monoisotopic (exact) mass is 295 g/mol. The summed E-state index contributed by atoms with van der Waals surface area (Å²) in [6, 6.07) is 0.195. The first kappa shape index (κ1) is 16.3. The van der Waals surface area contributed by atoms with Crippen LogP contribution in [0.4, 0.5) is 0 Å². The number of rotatable bonds is 4. The van der Waals surface area contributed by atoms with Crippen LogP contribution in [-0.4, -0.2) is 59.9 Å². The lowest BCUT2D eigenvalue weighted by Crippen LogP contribution is -2.58. The smallest absolute Gasteiger partial charge is 0.242 e. The first-order chi connectivity index (χ1) is 9.99. The van der Waals surface area contributed by atoms with Crippen LogP contribution in [0.2, 0.25) is 0 Å². The van der Waals surface area contributed by atoms with E-state index in [2.05, 4.69) is 26.1 Å². The summed E-state index contributed by atoms with van der Waals surface area (Å²) < 4.78 is 0. The maximum absolute atomic E-state index is 12.5. The molecule has 0 spiro atoms. The molecule has 2 aliphatic heterocycles. The van der Waals surface area contributed by atoms with Gasteiger partial charge in [-0.05, 0) is 38.5 Å². The summed E-state index contributed by atoms with van der Waals surface area (Å²) in [5.74, 6) is 0.679. The van der Waals surface area contributed by atoms with Gasteiger partial charge in [0.05, 0.1) is 12.6 Å². The van der Waals surface area contributed by atoms with Crippen molar-refractivity contribution in [3.05, 3.63) is 0 Å². The molecule has 2 saturated heterocycles.